The van der Waals surface area contributed by atoms with Gasteiger partial charge >= 0.3 is 0 Å². The molecule has 0 fully saturated rings. The maximum atomic E-state index is 13.0. The molecular formula is C8H8ClFO4S. The summed E-state index contributed by atoms with van der Waals surface area (Å²) in [6, 6.07) is 2.09. The van der Waals surface area contributed by atoms with E-state index in [-0.39, 0.29) is 11.3 Å². The standard InChI is InChI=1S/C8H8ClFO4S/c1-14-7-3-5(4-15(9,12)13)2-6(10)8(7)11/h2-3,11H,4H2,1H3. The van der Waals surface area contributed by atoms with Crippen LogP contribution in [0.15, 0.2) is 12.1 Å². The van der Waals surface area contributed by atoms with Gasteiger partial charge in [-0.15, -0.1) is 0 Å². The number of phenolic OH excluding ortho intramolecular Hbond substituents is 1. The minimum atomic E-state index is -3.76. The summed E-state index contributed by atoms with van der Waals surface area (Å²) in [6.07, 6.45) is 0. The van der Waals surface area contributed by atoms with E-state index in [1.807, 2.05) is 0 Å². The van der Waals surface area contributed by atoms with E-state index >= 15 is 0 Å². The van der Waals surface area contributed by atoms with Gasteiger partial charge in [0.2, 0.25) is 9.05 Å². The molecule has 0 spiro atoms. The largest absolute Gasteiger partial charge is 0.502 e. The van der Waals surface area contributed by atoms with Crippen LogP contribution >= 0.6 is 10.7 Å². The first-order chi connectivity index (χ1) is 6.83. The summed E-state index contributed by atoms with van der Waals surface area (Å²) >= 11 is 0. The van der Waals surface area contributed by atoms with E-state index in [0.29, 0.717) is 0 Å². The highest BCUT2D eigenvalue weighted by atomic mass is 35.7. The normalized spacial score (nSPS) is 11.4. The van der Waals surface area contributed by atoms with Crippen molar-refractivity contribution in [3.63, 3.8) is 0 Å². The SMILES string of the molecule is COc1cc(CS(=O)(=O)Cl)cc(F)c1O. The summed E-state index contributed by atoms with van der Waals surface area (Å²) < 4.78 is 39.2. The van der Waals surface area contributed by atoms with Crippen molar-refractivity contribution in [2.45, 2.75) is 5.75 Å². The fourth-order valence-corrected chi connectivity index (χ4v) is 2.01. The van der Waals surface area contributed by atoms with Gasteiger partial charge in [0.05, 0.1) is 12.9 Å². The zero-order valence-corrected chi connectivity index (χ0v) is 9.27. The van der Waals surface area contributed by atoms with Gasteiger partial charge in [0.15, 0.2) is 17.3 Å². The van der Waals surface area contributed by atoms with Crippen LogP contribution < -0.4 is 4.74 Å². The molecule has 0 radical (unpaired) electrons. The van der Waals surface area contributed by atoms with Crippen LogP contribution in [0.4, 0.5) is 4.39 Å². The second-order valence-electron chi connectivity index (χ2n) is 2.81. The van der Waals surface area contributed by atoms with Crippen molar-refractivity contribution in [3.8, 4) is 11.5 Å². The third-order valence-electron chi connectivity index (χ3n) is 1.65. The molecule has 0 aromatic heterocycles. The summed E-state index contributed by atoms with van der Waals surface area (Å²) in [4.78, 5) is 0. The first-order valence-corrected chi connectivity index (χ1v) is 6.29. The second-order valence-corrected chi connectivity index (χ2v) is 5.59. The molecule has 0 heterocycles. The molecule has 4 nitrogen and oxygen atoms in total. The van der Waals surface area contributed by atoms with Crippen molar-refractivity contribution in [3.05, 3.63) is 23.5 Å². The van der Waals surface area contributed by atoms with E-state index in [0.717, 1.165) is 6.07 Å². The number of ether oxygens (including phenoxy) is 1. The van der Waals surface area contributed by atoms with Gasteiger partial charge in [-0.05, 0) is 17.7 Å². The van der Waals surface area contributed by atoms with Crippen molar-refractivity contribution in [2.75, 3.05) is 7.11 Å². The summed E-state index contributed by atoms with van der Waals surface area (Å²) in [7, 11) is 2.47. The second kappa shape index (κ2) is 4.24. The number of rotatable bonds is 3. The number of hydrogen-bond acceptors (Lipinski definition) is 4. The van der Waals surface area contributed by atoms with Gasteiger partial charge in [0.25, 0.3) is 0 Å². The zero-order valence-electron chi connectivity index (χ0n) is 7.70. The summed E-state index contributed by atoms with van der Waals surface area (Å²) in [5.41, 5.74) is 0.108. The molecular weight excluding hydrogens is 247 g/mol. The van der Waals surface area contributed by atoms with Gasteiger partial charge in [-0.2, -0.15) is 0 Å². The van der Waals surface area contributed by atoms with Gasteiger partial charge in [0, 0.05) is 10.7 Å². The first kappa shape index (κ1) is 12.1. The smallest absolute Gasteiger partial charge is 0.236 e. The van der Waals surface area contributed by atoms with E-state index in [1.165, 1.54) is 13.2 Å². The van der Waals surface area contributed by atoms with Crippen LogP contribution in [-0.4, -0.2) is 20.6 Å². The molecule has 0 aliphatic heterocycles. The van der Waals surface area contributed by atoms with E-state index in [9.17, 15) is 12.8 Å². The lowest BCUT2D eigenvalue weighted by molar-refractivity contribution is 0.356. The molecule has 7 heteroatoms. The van der Waals surface area contributed by atoms with Crippen molar-refractivity contribution < 1.29 is 22.7 Å². The molecule has 0 unspecified atom stereocenters. The van der Waals surface area contributed by atoms with Crippen LogP contribution in [0, 0.1) is 5.82 Å². The number of hydrogen-bond donors (Lipinski definition) is 1. The van der Waals surface area contributed by atoms with Gasteiger partial charge in [0.1, 0.15) is 0 Å². The first-order valence-electron chi connectivity index (χ1n) is 3.81. The van der Waals surface area contributed by atoms with Gasteiger partial charge in [-0.25, -0.2) is 12.8 Å². The minimum Gasteiger partial charge on any atom is -0.502 e. The van der Waals surface area contributed by atoms with E-state index in [2.05, 4.69) is 4.74 Å². The molecule has 84 valence electrons. The Hall–Kier alpha value is -1.01. The fraction of sp³-hybridized carbons (Fsp3) is 0.250. The molecule has 1 N–H and O–H groups in total. The average Bonchev–Trinajstić information content (AvgIpc) is 2.08. The topological polar surface area (TPSA) is 63.6 Å². The predicted octanol–water partition coefficient (Wildman–Crippen LogP) is 1.61. The van der Waals surface area contributed by atoms with E-state index < -0.39 is 26.4 Å². The highest BCUT2D eigenvalue weighted by Gasteiger charge is 2.14. The van der Waals surface area contributed by atoms with Crippen LogP contribution in [0.3, 0.4) is 0 Å². The molecule has 15 heavy (non-hydrogen) atoms. The molecule has 0 aliphatic carbocycles. The number of phenols is 1. The highest BCUT2D eigenvalue weighted by molar-refractivity contribution is 8.13. The third kappa shape index (κ3) is 3.24. The van der Waals surface area contributed by atoms with Crippen molar-refractivity contribution >= 4 is 19.7 Å². The molecule has 1 rings (SSSR count). The third-order valence-corrected chi connectivity index (χ3v) is 2.65. The Balaban J connectivity index is 3.17. The van der Waals surface area contributed by atoms with Crippen molar-refractivity contribution in [2.24, 2.45) is 0 Å². The molecule has 0 saturated heterocycles. The molecule has 0 atom stereocenters. The van der Waals surface area contributed by atoms with Crippen LogP contribution in [0.25, 0.3) is 0 Å². The summed E-state index contributed by atoms with van der Waals surface area (Å²) in [6.45, 7) is 0. The Morgan fingerprint density at radius 1 is 1.53 bits per heavy atom. The summed E-state index contributed by atoms with van der Waals surface area (Å²) in [5, 5.41) is 9.14. The Morgan fingerprint density at radius 2 is 2.13 bits per heavy atom. The predicted molar refractivity (Wildman–Crippen MR) is 53.1 cm³/mol. The quantitative estimate of drug-likeness (QED) is 0.833. The molecule has 0 saturated carbocycles. The lowest BCUT2D eigenvalue weighted by Crippen LogP contribution is -1.97. The number of halogens is 2. The van der Waals surface area contributed by atoms with E-state index in [4.69, 9.17) is 15.8 Å². The molecule has 0 bridgehead atoms. The number of methoxy groups -OCH3 is 1. The average molecular weight is 255 g/mol. The molecule has 0 aliphatic rings. The van der Waals surface area contributed by atoms with Crippen LogP contribution in [0.1, 0.15) is 5.56 Å². The maximum absolute atomic E-state index is 13.0. The van der Waals surface area contributed by atoms with Crippen LogP contribution in [0.2, 0.25) is 0 Å². The Kier molecular flexibility index (Phi) is 3.41. The van der Waals surface area contributed by atoms with Gasteiger partial charge < -0.3 is 9.84 Å². The summed E-state index contributed by atoms with van der Waals surface area (Å²) in [5.74, 6) is -2.27. The number of benzene rings is 1. The highest BCUT2D eigenvalue weighted by Crippen LogP contribution is 2.30. The van der Waals surface area contributed by atoms with Gasteiger partial charge in [-0.3, -0.25) is 0 Å². The maximum Gasteiger partial charge on any atom is 0.236 e. The Bertz CT molecular complexity index is 472. The van der Waals surface area contributed by atoms with E-state index in [1.54, 1.807) is 0 Å². The fourth-order valence-electron chi connectivity index (χ4n) is 1.07. The molecule has 1 aromatic carbocycles. The van der Waals surface area contributed by atoms with Crippen molar-refractivity contribution in [1.29, 1.82) is 0 Å². The monoisotopic (exact) mass is 254 g/mol. The lowest BCUT2D eigenvalue weighted by Gasteiger charge is -2.06. The zero-order chi connectivity index (χ0) is 11.6. The minimum absolute atomic E-state index is 0.108. The van der Waals surface area contributed by atoms with Crippen LogP contribution in [0.5, 0.6) is 11.5 Å². The van der Waals surface area contributed by atoms with Crippen LogP contribution in [-0.2, 0) is 14.8 Å². The van der Waals surface area contributed by atoms with Crippen molar-refractivity contribution in [1.82, 2.24) is 0 Å². The molecule has 1 aromatic rings. The Labute approximate surface area is 90.7 Å². The number of aromatic hydroxyl groups is 1. The Morgan fingerprint density at radius 3 is 2.60 bits per heavy atom. The van der Waals surface area contributed by atoms with Gasteiger partial charge in [-0.1, -0.05) is 0 Å². The molecule has 0 amide bonds. The lowest BCUT2D eigenvalue weighted by atomic mass is 10.2.